The molecule has 0 spiro atoms. The van der Waals surface area contributed by atoms with Crippen LogP contribution < -0.4 is 0 Å². The molecular weight excluding hydrogens is 340 g/mol. The molecule has 0 aromatic rings. The Balaban J connectivity index is 2.08. The third kappa shape index (κ3) is 5.91. The quantitative estimate of drug-likeness (QED) is 0.484. The van der Waals surface area contributed by atoms with Crippen LogP contribution in [0.3, 0.4) is 0 Å². The largest absolute Gasteiger partial charge is 0.393 e. The van der Waals surface area contributed by atoms with E-state index in [9.17, 15) is 20.4 Å². The molecular formula is C23H44O4. The second-order valence-electron chi connectivity index (χ2n) is 11.0. The second-order valence-corrected chi connectivity index (χ2v) is 11.0. The summed E-state index contributed by atoms with van der Waals surface area (Å²) in [5, 5.41) is 41.1. The highest BCUT2D eigenvalue weighted by Crippen LogP contribution is 2.59. The van der Waals surface area contributed by atoms with Gasteiger partial charge in [-0.1, -0.05) is 26.2 Å². The van der Waals surface area contributed by atoms with E-state index in [0.29, 0.717) is 24.2 Å². The van der Waals surface area contributed by atoms with Crippen molar-refractivity contribution in [3.05, 3.63) is 0 Å². The summed E-state index contributed by atoms with van der Waals surface area (Å²) < 4.78 is 0. The average Bonchev–Trinajstić information content (AvgIpc) is 2.86. The summed E-state index contributed by atoms with van der Waals surface area (Å²) in [6.45, 7) is 9.46. The minimum atomic E-state index is -1.07. The molecule has 0 aliphatic heterocycles. The van der Waals surface area contributed by atoms with E-state index in [1.807, 2.05) is 13.8 Å². The Hall–Kier alpha value is -0.160. The molecule has 0 aromatic heterocycles. The fraction of sp³-hybridized carbons (Fsp3) is 1.00. The Labute approximate surface area is 166 Å². The van der Waals surface area contributed by atoms with Gasteiger partial charge in [0, 0.05) is 0 Å². The number of fused-ring (bicyclic) bond motifs is 1. The summed E-state index contributed by atoms with van der Waals surface area (Å²) >= 11 is 0. The predicted molar refractivity (Wildman–Crippen MR) is 109 cm³/mol. The van der Waals surface area contributed by atoms with E-state index < -0.39 is 17.3 Å². The summed E-state index contributed by atoms with van der Waals surface area (Å²) in [5.74, 6) is 1.45. The van der Waals surface area contributed by atoms with Gasteiger partial charge >= 0.3 is 0 Å². The standard InChI is InChI=1S/C23H44O4/c1-21(2,26)14-6-8-16(10-13-20(25)22(3,4)27)17-11-12-18-19(24)9-7-15-23(17,18)5/h16-20,24-27H,6-15H2,1-5H3/t16-,17+,18?,19-,20+,23+/m0/s1. The maximum absolute atomic E-state index is 10.5. The van der Waals surface area contributed by atoms with Gasteiger partial charge in [-0.05, 0) is 95.8 Å². The zero-order chi connectivity index (χ0) is 20.5. The number of hydrogen-bond donors (Lipinski definition) is 4. The predicted octanol–water partition coefficient (Wildman–Crippen LogP) is 4.03. The first-order valence-electron chi connectivity index (χ1n) is 11.2. The summed E-state index contributed by atoms with van der Waals surface area (Å²) in [4.78, 5) is 0. The lowest BCUT2D eigenvalue weighted by Gasteiger charge is -2.46. The number of hydrogen-bond acceptors (Lipinski definition) is 4. The Bertz CT molecular complexity index is 464. The molecule has 1 unspecified atom stereocenters. The van der Waals surface area contributed by atoms with Crippen LogP contribution in [0.2, 0.25) is 0 Å². The zero-order valence-electron chi connectivity index (χ0n) is 18.2. The lowest BCUT2D eigenvalue weighted by Crippen LogP contribution is -2.42. The molecule has 4 heteroatoms. The molecule has 0 bridgehead atoms. The Morgan fingerprint density at radius 2 is 1.67 bits per heavy atom. The first kappa shape index (κ1) is 23.1. The molecule has 0 heterocycles. The minimum absolute atomic E-state index is 0.159. The van der Waals surface area contributed by atoms with Crippen molar-refractivity contribution in [2.24, 2.45) is 23.2 Å². The lowest BCUT2D eigenvalue weighted by atomic mass is 9.60. The van der Waals surface area contributed by atoms with E-state index in [-0.39, 0.29) is 11.5 Å². The Morgan fingerprint density at radius 3 is 2.26 bits per heavy atom. The van der Waals surface area contributed by atoms with Crippen molar-refractivity contribution in [3.63, 3.8) is 0 Å². The van der Waals surface area contributed by atoms with Gasteiger partial charge in [0.15, 0.2) is 0 Å². The van der Waals surface area contributed by atoms with Crippen LogP contribution in [-0.4, -0.2) is 43.8 Å². The van der Waals surface area contributed by atoms with E-state index in [2.05, 4.69) is 6.92 Å². The summed E-state index contributed by atoms with van der Waals surface area (Å²) in [5.41, 5.74) is -1.52. The van der Waals surface area contributed by atoms with Crippen LogP contribution in [0.5, 0.6) is 0 Å². The molecule has 2 fully saturated rings. The summed E-state index contributed by atoms with van der Waals surface area (Å²) in [6.07, 6.45) is 8.95. The van der Waals surface area contributed by atoms with E-state index in [1.165, 1.54) is 6.42 Å². The van der Waals surface area contributed by atoms with Crippen molar-refractivity contribution in [1.82, 2.24) is 0 Å². The topological polar surface area (TPSA) is 80.9 Å². The summed E-state index contributed by atoms with van der Waals surface area (Å²) in [6, 6.07) is 0. The van der Waals surface area contributed by atoms with E-state index in [1.54, 1.807) is 13.8 Å². The van der Waals surface area contributed by atoms with Crippen LogP contribution in [0, 0.1) is 23.2 Å². The van der Waals surface area contributed by atoms with Gasteiger partial charge in [-0.2, -0.15) is 0 Å². The molecule has 2 aliphatic rings. The molecule has 4 N–H and O–H groups in total. The molecule has 0 aromatic carbocycles. The first-order valence-corrected chi connectivity index (χ1v) is 11.2. The van der Waals surface area contributed by atoms with Crippen molar-refractivity contribution in [2.75, 3.05) is 0 Å². The summed E-state index contributed by atoms with van der Waals surface area (Å²) in [7, 11) is 0. The highest BCUT2D eigenvalue weighted by atomic mass is 16.3. The number of rotatable bonds is 9. The van der Waals surface area contributed by atoms with Gasteiger partial charge in [0.1, 0.15) is 0 Å². The van der Waals surface area contributed by atoms with Gasteiger partial charge < -0.3 is 20.4 Å². The van der Waals surface area contributed by atoms with Crippen LogP contribution in [0.4, 0.5) is 0 Å². The minimum Gasteiger partial charge on any atom is -0.393 e. The molecule has 2 aliphatic carbocycles. The molecule has 2 rings (SSSR count). The average molecular weight is 385 g/mol. The molecule has 4 nitrogen and oxygen atoms in total. The van der Waals surface area contributed by atoms with E-state index in [4.69, 9.17) is 0 Å². The van der Waals surface area contributed by atoms with Gasteiger partial charge in [-0.3, -0.25) is 0 Å². The molecule has 0 amide bonds. The van der Waals surface area contributed by atoms with Crippen LogP contribution in [-0.2, 0) is 0 Å². The second kappa shape index (κ2) is 8.69. The first-order chi connectivity index (χ1) is 12.3. The number of aliphatic hydroxyl groups is 4. The van der Waals surface area contributed by atoms with Crippen molar-refractivity contribution in [3.8, 4) is 0 Å². The maximum atomic E-state index is 10.5. The molecule has 0 radical (unpaired) electrons. The van der Waals surface area contributed by atoms with Gasteiger partial charge in [0.2, 0.25) is 0 Å². The fourth-order valence-electron chi connectivity index (χ4n) is 6.03. The maximum Gasteiger partial charge on any atom is 0.0849 e. The molecule has 6 atom stereocenters. The number of aliphatic hydroxyl groups excluding tert-OH is 2. The highest BCUT2D eigenvalue weighted by molar-refractivity contribution is 5.02. The monoisotopic (exact) mass is 384 g/mol. The molecule has 2 saturated carbocycles. The smallest absolute Gasteiger partial charge is 0.0849 e. The third-order valence-corrected chi connectivity index (χ3v) is 7.72. The molecule has 0 saturated heterocycles. The van der Waals surface area contributed by atoms with E-state index >= 15 is 0 Å². The lowest BCUT2D eigenvalue weighted by molar-refractivity contribution is -0.0599. The van der Waals surface area contributed by atoms with Gasteiger partial charge in [0.05, 0.1) is 23.4 Å². The van der Waals surface area contributed by atoms with Crippen molar-refractivity contribution >= 4 is 0 Å². The molecule has 160 valence electrons. The van der Waals surface area contributed by atoms with Crippen LogP contribution in [0.15, 0.2) is 0 Å². The Kier molecular flexibility index (Phi) is 7.44. The van der Waals surface area contributed by atoms with E-state index in [0.717, 1.165) is 51.4 Å². The molecule has 27 heavy (non-hydrogen) atoms. The van der Waals surface area contributed by atoms with Crippen molar-refractivity contribution in [1.29, 1.82) is 0 Å². The fourth-order valence-corrected chi connectivity index (χ4v) is 6.03. The van der Waals surface area contributed by atoms with Crippen LogP contribution >= 0.6 is 0 Å². The normalized spacial score (nSPS) is 34.3. The van der Waals surface area contributed by atoms with Gasteiger partial charge in [0.25, 0.3) is 0 Å². The van der Waals surface area contributed by atoms with Gasteiger partial charge in [-0.15, -0.1) is 0 Å². The van der Waals surface area contributed by atoms with Crippen molar-refractivity contribution < 1.29 is 20.4 Å². The van der Waals surface area contributed by atoms with Crippen LogP contribution in [0.25, 0.3) is 0 Å². The third-order valence-electron chi connectivity index (χ3n) is 7.72. The van der Waals surface area contributed by atoms with Gasteiger partial charge in [-0.25, -0.2) is 0 Å². The van der Waals surface area contributed by atoms with Crippen LogP contribution in [0.1, 0.15) is 98.8 Å². The zero-order valence-corrected chi connectivity index (χ0v) is 18.2. The Morgan fingerprint density at radius 1 is 1.00 bits per heavy atom. The SMILES string of the molecule is CC(C)(O)CCC[C@@H](CC[C@@H](O)C(C)(C)O)[C@H]1CCC2[C@@H](O)CCC[C@@]21C. The van der Waals surface area contributed by atoms with Crippen molar-refractivity contribution in [2.45, 2.75) is 122 Å². The highest BCUT2D eigenvalue weighted by Gasteiger charge is 2.52.